The van der Waals surface area contributed by atoms with E-state index in [1.54, 1.807) is 5.38 Å². The molecule has 2 fully saturated rings. The van der Waals surface area contributed by atoms with Crippen LogP contribution in [0.15, 0.2) is 21.8 Å². The monoisotopic (exact) mass is 537 g/mol. The van der Waals surface area contributed by atoms with Gasteiger partial charge >= 0.3 is 11.9 Å². The minimum absolute atomic E-state index is 0.136. The van der Waals surface area contributed by atoms with Crippen molar-refractivity contribution in [3.8, 4) is 0 Å². The number of β-lactam (4-membered cyclic amide) rings is 1. The standard InChI is InChI=1S/C21H23N5O8S2/c1-9(27)4-13(28)33-6-11-7-35-19-15(18(30)26(19)16(11)20(31)32)24-17(29)14(12-8-36-21(22)23-12)25-34-5-10-2-3-10/h8,10,15,19H,2-7H2,1H3,(H2,22,23)(H,24,29)(H,31,32)/b25-14+/t15-,19-/m1/s1. The number of oxime groups is 1. The molecule has 4 rings (SSSR count). The number of nitrogen functional groups attached to an aromatic ring is 1. The van der Waals surface area contributed by atoms with E-state index in [1.165, 1.54) is 18.7 Å². The number of aromatic nitrogens is 1. The molecule has 0 radical (unpaired) electrons. The van der Waals surface area contributed by atoms with Crippen molar-refractivity contribution in [1.82, 2.24) is 15.2 Å². The number of nitrogens with two attached hydrogens (primary N) is 1. The number of nitrogens with one attached hydrogen (secondary N) is 1. The number of carboxylic acids is 1. The SMILES string of the molecule is CC(=O)CC(=O)OCC1=C(C(=O)O)N2C(=O)[C@@H](NC(=O)/C(=N/OCC3CC3)c3csc(N)n3)[C@H]2SC1. The summed E-state index contributed by atoms with van der Waals surface area (Å²) >= 11 is 2.33. The van der Waals surface area contributed by atoms with E-state index < -0.39 is 41.6 Å². The number of rotatable bonds is 11. The lowest BCUT2D eigenvalue weighted by molar-refractivity contribution is -0.150. The Kier molecular flexibility index (Phi) is 7.59. The first-order chi connectivity index (χ1) is 17.2. The number of nitrogens with zero attached hydrogens (tertiary/aromatic N) is 3. The molecule has 0 aromatic carbocycles. The highest BCUT2D eigenvalue weighted by atomic mass is 32.2. The van der Waals surface area contributed by atoms with E-state index in [9.17, 15) is 29.1 Å². The molecular weight excluding hydrogens is 514 g/mol. The van der Waals surface area contributed by atoms with Gasteiger partial charge in [-0.15, -0.1) is 23.1 Å². The molecule has 36 heavy (non-hydrogen) atoms. The fraction of sp³-hybridized carbons (Fsp3) is 0.476. The largest absolute Gasteiger partial charge is 0.477 e. The number of hydrogen-bond acceptors (Lipinski definition) is 12. The molecule has 2 aliphatic heterocycles. The minimum Gasteiger partial charge on any atom is -0.477 e. The van der Waals surface area contributed by atoms with E-state index in [-0.39, 0.29) is 46.0 Å². The van der Waals surface area contributed by atoms with Gasteiger partial charge < -0.3 is 25.7 Å². The van der Waals surface area contributed by atoms with Crippen molar-refractivity contribution in [2.45, 2.75) is 37.6 Å². The molecule has 2 amide bonds. The van der Waals surface area contributed by atoms with Crippen molar-refractivity contribution in [2.75, 3.05) is 24.7 Å². The number of carbonyl (C=O) groups excluding carboxylic acids is 4. The third-order valence-electron chi connectivity index (χ3n) is 5.48. The molecule has 3 aliphatic rings. The lowest BCUT2D eigenvalue weighted by Crippen LogP contribution is -2.71. The summed E-state index contributed by atoms with van der Waals surface area (Å²) in [6, 6.07) is -1.01. The number of esters is 1. The van der Waals surface area contributed by atoms with Crippen molar-refractivity contribution in [3.05, 3.63) is 22.3 Å². The Hall–Kier alpha value is -3.46. The van der Waals surface area contributed by atoms with Gasteiger partial charge in [-0.3, -0.25) is 24.1 Å². The first kappa shape index (κ1) is 25.6. The van der Waals surface area contributed by atoms with Gasteiger partial charge in [0.05, 0.1) is 0 Å². The summed E-state index contributed by atoms with van der Waals surface area (Å²) in [5.74, 6) is -3.35. The molecular formula is C21H23N5O8S2. The van der Waals surface area contributed by atoms with Crippen molar-refractivity contribution >= 4 is 63.5 Å². The maximum absolute atomic E-state index is 13.0. The van der Waals surface area contributed by atoms with Crippen LogP contribution in [-0.4, -0.2) is 80.6 Å². The van der Waals surface area contributed by atoms with Crippen LogP contribution in [0.4, 0.5) is 5.13 Å². The van der Waals surface area contributed by atoms with E-state index in [0.29, 0.717) is 12.5 Å². The maximum atomic E-state index is 13.0. The summed E-state index contributed by atoms with van der Waals surface area (Å²) in [4.78, 5) is 71.0. The molecule has 192 valence electrons. The normalized spacial score (nSPS) is 21.4. The smallest absolute Gasteiger partial charge is 0.352 e. The van der Waals surface area contributed by atoms with Gasteiger partial charge in [-0.25, -0.2) is 9.78 Å². The molecule has 1 aliphatic carbocycles. The Balaban J connectivity index is 1.45. The lowest BCUT2D eigenvalue weighted by atomic mass is 10.0. The van der Waals surface area contributed by atoms with Gasteiger partial charge in [0.1, 0.15) is 48.2 Å². The Morgan fingerprint density at radius 1 is 1.33 bits per heavy atom. The molecule has 13 nitrogen and oxygen atoms in total. The van der Waals surface area contributed by atoms with Gasteiger partial charge in [-0.2, -0.15) is 0 Å². The van der Waals surface area contributed by atoms with Gasteiger partial charge in [-0.05, 0) is 25.7 Å². The number of thioether (sulfide) groups is 1. The average molecular weight is 538 g/mol. The number of carboxylic acid groups (broad SMARTS) is 1. The summed E-state index contributed by atoms with van der Waals surface area (Å²) in [5.41, 5.74) is 5.65. The van der Waals surface area contributed by atoms with Crippen LogP contribution in [0.3, 0.4) is 0 Å². The number of aliphatic carboxylic acids is 1. The Morgan fingerprint density at radius 3 is 2.69 bits per heavy atom. The number of anilines is 1. The number of Topliss-reactive ketones (excluding diaryl/α,β-unsaturated/α-hetero) is 1. The Bertz CT molecular complexity index is 1170. The number of fused-ring (bicyclic) bond motifs is 1. The van der Waals surface area contributed by atoms with Crippen molar-refractivity contribution in [2.24, 2.45) is 11.1 Å². The number of ether oxygens (including phenoxy) is 1. The zero-order chi connectivity index (χ0) is 26.0. The number of hydrogen-bond donors (Lipinski definition) is 3. The highest BCUT2D eigenvalue weighted by Crippen LogP contribution is 2.40. The third-order valence-corrected chi connectivity index (χ3v) is 7.49. The number of ketones is 1. The predicted octanol–water partition coefficient (Wildman–Crippen LogP) is 0.117. The third kappa shape index (κ3) is 5.67. The predicted molar refractivity (Wildman–Crippen MR) is 128 cm³/mol. The molecule has 1 saturated heterocycles. The highest BCUT2D eigenvalue weighted by Gasteiger charge is 2.54. The van der Waals surface area contributed by atoms with Gasteiger partial charge in [0.25, 0.3) is 11.8 Å². The van der Waals surface area contributed by atoms with Crippen LogP contribution in [0.1, 0.15) is 31.9 Å². The molecule has 3 heterocycles. The van der Waals surface area contributed by atoms with E-state index in [0.717, 1.165) is 29.1 Å². The van der Waals surface area contributed by atoms with Crippen LogP contribution < -0.4 is 11.1 Å². The second-order valence-corrected chi connectivity index (χ2v) is 10.4. The van der Waals surface area contributed by atoms with E-state index in [2.05, 4.69) is 15.5 Å². The molecule has 0 unspecified atom stereocenters. The molecule has 1 saturated carbocycles. The number of carbonyl (C=O) groups is 5. The van der Waals surface area contributed by atoms with E-state index >= 15 is 0 Å². The highest BCUT2D eigenvalue weighted by molar-refractivity contribution is 8.00. The molecule has 4 N–H and O–H groups in total. The summed E-state index contributed by atoms with van der Waals surface area (Å²) in [6.07, 6.45) is 1.63. The van der Waals surface area contributed by atoms with Gasteiger partial charge in [-0.1, -0.05) is 5.16 Å². The maximum Gasteiger partial charge on any atom is 0.352 e. The summed E-state index contributed by atoms with van der Waals surface area (Å²) in [5, 5.41) is 17.3. The second kappa shape index (κ2) is 10.7. The quantitative estimate of drug-likeness (QED) is 0.114. The Labute approximate surface area is 213 Å². The van der Waals surface area contributed by atoms with Crippen LogP contribution in [0.25, 0.3) is 0 Å². The van der Waals surface area contributed by atoms with E-state index in [1.807, 2.05) is 0 Å². The van der Waals surface area contributed by atoms with Crippen LogP contribution >= 0.6 is 23.1 Å². The van der Waals surface area contributed by atoms with Crippen molar-refractivity contribution in [3.63, 3.8) is 0 Å². The minimum atomic E-state index is -1.37. The zero-order valence-electron chi connectivity index (χ0n) is 19.1. The fourth-order valence-corrected chi connectivity index (χ4v) is 5.39. The van der Waals surface area contributed by atoms with Crippen molar-refractivity contribution < 1.29 is 38.7 Å². The molecule has 15 heteroatoms. The first-order valence-electron chi connectivity index (χ1n) is 10.9. The molecule has 1 aromatic heterocycles. The fourth-order valence-electron chi connectivity index (χ4n) is 3.52. The van der Waals surface area contributed by atoms with Crippen LogP contribution in [-0.2, 0) is 33.5 Å². The van der Waals surface area contributed by atoms with E-state index in [4.69, 9.17) is 15.3 Å². The van der Waals surface area contributed by atoms with Gasteiger partial charge in [0.2, 0.25) is 0 Å². The topological polar surface area (TPSA) is 191 Å². The van der Waals surface area contributed by atoms with Crippen LogP contribution in [0.5, 0.6) is 0 Å². The zero-order valence-corrected chi connectivity index (χ0v) is 20.7. The van der Waals surface area contributed by atoms with Gasteiger partial charge in [0, 0.05) is 16.7 Å². The average Bonchev–Trinajstić information content (AvgIpc) is 3.55. The summed E-state index contributed by atoms with van der Waals surface area (Å²) in [6.45, 7) is 1.22. The molecule has 1 aromatic rings. The molecule has 2 atom stereocenters. The van der Waals surface area contributed by atoms with Crippen LogP contribution in [0.2, 0.25) is 0 Å². The Morgan fingerprint density at radius 2 is 2.08 bits per heavy atom. The second-order valence-electron chi connectivity index (χ2n) is 8.41. The van der Waals surface area contributed by atoms with Crippen LogP contribution in [0, 0.1) is 5.92 Å². The molecule has 0 bridgehead atoms. The number of amides is 2. The molecule has 0 spiro atoms. The summed E-state index contributed by atoms with van der Waals surface area (Å²) < 4.78 is 5.00. The first-order valence-corrected chi connectivity index (χ1v) is 12.9. The summed E-state index contributed by atoms with van der Waals surface area (Å²) in [7, 11) is 0. The lowest BCUT2D eigenvalue weighted by Gasteiger charge is -2.49. The van der Waals surface area contributed by atoms with Crippen molar-refractivity contribution in [1.29, 1.82) is 0 Å². The van der Waals surface area contributed by atoms with Gasteiger partial charge in [0.15, 0.2) is 10.8 Å². The number of thiazole rings is 1.